The van der Waals surface area contributed by atoms with Gasteiger partial charge in [-0.1, -0.05) is 12.8 Å². The van der Waals surface area contributed by atoms with Crippen LogP contribution in [0.2, 0.25) is 0 Å². The van der Waals surface area contributed by atoms with Crippen molar-refractivity contribution in [3.05, 3.63) is 0 Å². The van der Waals surface area contributed by atoms with Gasteiger partial charge in [-0.2, -0.15) is 0 Å². The van der Waals surface area contributed by atoms with E-state index in [2.05, 4.69) is 5.32 Å². The molecule has 0 spiro atoms. The first-order valence-corrected chi connectivity index (χ1v) is 5.38. The van der Waals surface area contributed by atoms with Crippen LogP contribution >= 0.6 is 0 Å². The third-order valence-electron chi connectivity index (χ3n) is 3.12. The first-order valence-electron chi connectivity index (χ1n) is 5.38. The fourth-order valence-electron chi connectivity index (χ4n) is 2.11. The highest BCUT2D eigenvalue weighted by molar-refractivity contribution is 5.87. The molecule has 1 saturated heterocycles. The van der Waals surface area contributed by atoms with E-state index in [-0.39, 0.29) is 12.5 Å². The number of nitrogens with one attached hydrogen (secondary N) is 1. The molecule has 1 saturated carbocycles. The second-order valence-corrected chi connectivity index (χ2v) is 4.19. The fraction of sp³-hybridized carbons (Fsp3) is 0.800. The highest BCUT2D eigenvalue weighted by Gasteiger charge is 2.36. The predicted molar refractivity (Wildman–Crippen MR) is 53.3 cm³/mol. The number of likely N-dealkylation sites (N-methyl/N-ethyl adjacent to an activating group) is 1. The monoisotopic (exact) mass is 212 g/mol. The molecule has 1 N–H and O–H groups in total. The van der Waals surface area contributed by atoms with E-state index in [0.717, 1.165) is 12.8 Å². The summed E-state index contributed by atoms with van der Waals surface area (Å²) in [4.78, 5) is 24.2. The van der Waals surface area contributed by atoms with Gasteiger partial charge in [0.15, 0.2) is 0 Å². The largest absolute Gasteiger partial charge is 0.447 e. The molecule has 0 aromatic carbocycles. The first kappa shape index (κ1) is 10.3. The van der Waals surface area contributed by atoms with Crippen molar-refractivity contribution in [3.63, 3.8) is 0 Å². The van der Waals surface area contributed by atoms with Crippen LogP contribution in [0.5, 0.6) is 0 Å². The van der Waals surface area contributed by atoms with Crippen LogP contribution in [0.1, 0.15) is 25.7 Å². The minimum Gasteiger partial charge on any atom is -0.447 e. The van der Waals surface area contributed by atoms with Gasteiger partial charge in [-0.15, -0.1) is 0 Å². The molecule has 0 bridgehead atoms. The van der Waals surface area contributed by atoms with E-state index in [4.69, 9.17) is 4.74 Å². The van der Waals surface area contributed by atoms with Gasteiger partial charge in [0.2, 0.25) is 5.91 Å². The number of ether oxygens (including phenoxy) is 1. The summed E-state index contributed by atoms with van der Waals surface area (Å²) in [6, 6.07) is -0.153. The molecule has 1 heterocycles. The second kappa shape index (κ2) is 4.08. The van der Waals surface area contributed by atoms with E-state index >= 15 is 0 Å². The molecule has 2 fully saturated rings. The Morgan fingerprint density at radius 1 is 1.47 bits per heavy atom. The van der Waals surface area contributed by atoms with Gasteiger partial charge in [-0.25, -0.2) is 4.79 Å². The van der Waals surface area contributed by atoms with Crippen LogP contribution in [0.15, 0.2) is 0 Å². The molecule has 0 aromatic rings. The van der Waals surface area contributed by atoms with Crippen molar-refractivity contribution >= 4 is 12.0 Å². The Hall–Kier alpha value is -1.26. The number of rotatable bonds is 2. The zero-order valence-electron chi connectivity index (χ0n) is 8.86. The molecule has 2 aliphatic rings. The Balaban J connectivity index is 1.87. The van der Waals surface area contributed by atoms with Crippen LogP contribution in [0, 0.1) is 0 Å². The maximum absolute atomic E-state index is 11.8. The second-order valence-electron chi connectivity index (χ2n) is 4.19. The molecule has 15 heavy (non-hydrogen) atoms. The van der Waals surface area contributed by atoms with Crippen molar-refractivity contribution in [3.8, 4) is 0 Å². The zero-order chi connectivity index (χ0) is 10.8. The Morgan fingerprint density at radius 2 is 2.13 bits per heavy atom. The summed E-state index contributed by atoms with van der Waals surface area (Å²) in [5.41, 5.74) is 0. The van der Waals surface area contributed by atoms with Gasteiger partial charge in [0, 0.05) is 13.1 Å². The van der Waals surface area contributed by atoms with Gasteiger partial charge < -0.3 is 10.1 Å². The van der Waals surface area contributed by atoms with Crippen LogP contribution in [0.3, 0.4) is 0 Å². The Morgan fingerprint density at radius 3 is 2.67 bits per heavy atom. The van der Waals surface area contributed by atoms with E-state index in [0.29, 0.717) is 6.04 Å². The number of cyclic esters (lactones) is 1. The molecule has 0 aromatic heterocycles. The highest BCUT2D eigenvalue weighted by atomic mass is 16.6. The van der Waals surface area contributed by atoms with Crippen LogP contribution in [-0.2, 0) is 9.53 Å². The van der Waals surface area contributed by atoms with Crippen molar-refractivity contribution in [2.24, 2.45) is 0 Å². The topological polar surface area (TPSA) is 58.6 Å². The lowest BCUT2D eigenvalue weighted by Crippen LogP contribution is -2.46. The number of hydrogen-bond acceptors (Lipinski definition) is 3. The van der Waals surface area contributed by atoms with Crippen LogP contribution in [0.4, 0.5) is 4.79 Å². The maximum Gasteiger partial charge on any atom is 0.410 e. The van der Waals surface area contributed by atoms with Gasteiger partial charge in [0.25, 0.3) is 0 Å². The average molecular weight is 212 g/mol. The van der Waals surface area contributed by atoms with Crippen LogP contribution in [0.25, 0.3) is 0 Å². The first-order chi connectivity index (χ1) is 7.18. The normalized spacial score (nSPS) is 26.9. The Labute approximate surface area is 88.8 Å². The molecular weight excluding hydrogens is 196 g/mol. The Bertz CT molecular complexity index is 274. The molecule has 5 nitrogen and oxygen atoms in total. The number of carbonyl (C=O) groups excluding carboxylic acids is 2. The van der Waals surface area contributed by atoms with Crippen molar-refractivity contribution < 1.29 is 14.3 Å². The summed E-state index contributed by atoms with van der Waals surface area (Å²) in [5.74, 6) is -0.0877. The molecule has 1 aliphatic heterocycles. The summed E-state index contributed by atoms with van der Waals surface area (Å²) in [6.45, 7) is 0.174. The molecule has 0 radical (unpaired) electrons. The summed E-state index contributed by atoms with van der Waals surface area (Å²) >= 11 is 0. The van der Waals surface area contributed by atoms with Gasteiger partial charge in [-0.3, -0.25) is 9.69 Å². The SMILES string of the molecule is CN1C(=O)OCC1C(=O)NC1CCCC1. The number of amides is 2. The number of carbonyl (C=O) groups is 2. The van der Waals surface area contributed by atoms with E-state index in [1.165, 1.54) is 17.7 Å². The summed E-state index contributed by atoms with van der Waals surface area (Å²) in [6.07, 6.45) is 4.05. The van der Waals surface area contributed by atoms with E-state index in [1.807, 2.05) is 0 Å². The standard InChI is InChI=1S/C10H16N2O3/c1-12-8(6-15-10(12)14)9(13)11-7-4-2-3-5-7/h7-8H,2-6H2,1H3,(H,11,13). The lowest BCUT2D eigenvalue weighted by Gasteiger charge is -2.18. The van der Waals surface area contributed by atoms with Crippen molar-refractivity contribution in [1.29, 1.82) is 0 Å². The van der Waals surface area contributed by atoms with Crippen LogP contribution < -0.4 is 5.32 Å². The summed E-state index contributed by atoms with van der Waals surface area (Å²) < 4.78 is 4.79. The molecule has 2 rings (SSSR count). The van der Waals surface area contributed by atoms with E-state index < -0.39 is 12.1 Å². The van der Waals surface area contributed by atoms with E-state index in [1.54, 1.807) is 7.05 Å². The van der Waals surface area contributed by atoms with Gasteiger partial charge in [-0.05, 0) is 12.8 Å². The van der Waals surface area contributed by atoms with Crippen molar-refractivity contribution in [2.75, 3.05) is 13.7 Å². The lowest BCUT2D eigenvalue weighted by molar-refractivity contribution is -0.125. The third-order valence-corrected chi connectivity index (χ3v) is 3.12. The molecule has 1 atom stereocenters. The van der Waals surface area contributed by atoms with Gasteiger partial charge in [0.1, 0.15) is 12.6 Å². The average Bonchev–Trinajstić information content (AvgIpc) is 2.79. The minimum absolute atomic E-state index is 0.0877. The summed E-state index contributed by atoms with van der Waals surface area (Å²) in [5, 5.41) is 2.96. The van der Waals surface area contributed by atoms with E-state index in [9.17, 15) is 9.59 Å². The molecular formula is C10H16N2O3. The van der Waals surface area contributed by atoms with Crippen molar-refractivity contribution in [1.82, 2.24) is 10.2 Å². The van der Waals surface area contributed by atoms with Crippen molar-refractivity contribution in [2.45, 2.75) is 37.8 Å². The minimum atomic E-state index is -0.446. The molecule has 84 valence electrons. The van der Waals surface area contributed by atoms with Gasteiger partial charge >= 0.3 is 6.09 Å². The predicted octanol–water partition coefficient (Wildman–Crippen LogP) is 0.496. The smallest absolute Gasteiger partial charge is 0.410 e. The molecule has 5 heteroatoms. The summed E-state index contributed by atoms with van der Waals surface area (Å²) in [7, 11) is 1.59. The quantitative estimate of drug-likeness (QED) is 0.725. The van der Waals surface area contributed by atoms with Crippen LogP contribution in [-0.4, -0.2) is 42.6 Å². The Kier molecular flexibility index (Phi) is 2.79. The number of hydrogen-bond donors (Lipinski definition) is 1. The number of nitrogens with zero attached hydrogens (tertiary/aromatic N) is 1. The molecule has 2 amide bonds. The fourth-order valence-corrected chi connectivity index (χ4v) is 2.11. The lowest BCUT2D eigenvalue weighted by atomic mass is 10.2. The zero-order valence-corrected chi connectivity index (χ0v) is 8.86. The van der Waals surface area contributed by atoms with Gasteiger partial charge in [0.05, 0.1) is 0 Å². The highest BCUT2D eigenvalue weighted by Crippen LogP contribution is 2.18. The molecule has 1 unspecified atom stereocenters. The maximum atomic E-state index is 11.8. The third kappa shape index (κ3) is 2.06. The molecule has 1 aliphatic carbocycles.